The Morgan fingerprint density at radius 1 is 1.27 bits per heavy atom. The van der Waals surface area contributed by atoms with E-state index in [-0.39, 0.29) is 12.4 Å². The Hall–Kier alpha value is -1.46. The van der Waals surface area contributed by atoms with Crippen LogP contribution in [0.15, 0.2) is 12.1 Å². The van der Waals surface area contributed by atoms with Crippen molar-refractivity contribution in [2.75, 3.05) is 20.8 Å². The summed E-state index contributed by atoms with van der Waals surface area (Å²) in [4.78, 5) is 0. The fourth-order valence-corrected chi connectivity index (χ4v) is 1.38. The topological polar surface area (TPSA) is 84.9 Å². The molecule has 5 nitrogen and oxygen atoms in total. The van der Waals surface area contributed by atoms with E-state index in [0.717, 1.165) is 0 Å². The molecule has 1 rings (SSSR count). The van der Waals surface area contributed by atoms with Gasteiger partial charge in [-0.25, -0.2) is 0 Å². The lowest BCUT2D eigenvalue weighted by Gasteiger charge is -2.17. The molecule has 4 N–H and O–H groups in total. The van der Waals surface area contributed by atoms with E-state index in [9.17, 15) is 5.11 Å². The minimum atomic E-state index is -0.601. The maximum Gasteiger partial charge on any atom is 0.131 e. The highest BCUT2D eigenvalue weighted by atomic mass is 16.5. The van der Waals surface area contributed by atoms with Gasteiger partial charge in [0.15, 0.2) is 0 Å². The minimum absolute atomic E-state index is 0.0255. The first kappa shape index (κ1) is 11.6. The van der Waals surface area contributed by atoms with Crippen LogP contribution in [0.25, 0.3) is 0 Å². The van der Waals surface area contributed by atoms with Gasteiger partial charge in [-0.3, -0.25) is 0 Å². The number of benzene rings is 1. The first-order valence-corrected chi connectivity index (χ1v) is 4.45. The summed E-state index contributed by atoms with van der Waals surface area (Å²) < 4.78 is 10.1. The summed E-state index contributed by atoms with van der Waals surface area (Å²) in [6, 6.07) is 2.25. The summed E-state index contributed by atoms with van der Waals surface area (Å²) in [5.41, 5.74) is 6.25. The van der Waals surface area contributed by atoms with Crippen molar-refractivity contribution in [1.29, 1.82) is 0 Å². The molecule has 1 aromatic carbocycles. The molecule has 0 saturated heterocycles. The van der Waals surface area contributed by atoms with Crippen LogP contribution in [-0.2, 0) is 0 Å². The minimum Gasteiger partial charge on any atom is -0.508 e. The largest absolute Gasteiger partial charge is 0.508 e. The summed E-state index contributed by atoms with van der Waals surface area (Å²) in [5, 5.41) is 18.4. The van der Waals surface area contributed by atoms with Crippen LogP contribution in [0, 0.1) is 0 Å². The third kappa shape index (κ3) is 2.31. The lowest BCUT2D eigenvalue weighted by molar-refractivity contribution is 0.260. The average molecular weight is 213 g/mol. The van der Waals surface area contributed by atoms with E-state index in [2.05, 4.69) is 0 Å². The number of phenols is 1. The summed E-state index contributed by atoms with van der Waals surface area (Å²) in [6.45, 7) is -0.225. The highest BCUT2D eigenvalue weighted by molar-refractivity contribution is 5.51. The number of nitrogens with two attached hydrogens (primary N) is 1. The van der Waals surface area contributed by atoms with Gasteiger partial charge >= 0.3 is 0 Å². The predicted molar refractivity (Wildman–Crippen MR) is 55.2 cm³/mol. The molecule has 0 aromatic heterocycles. The molecule has 1 aromatic rings. The highest BCUT2D eigenvalue weighted by Crippen LogP contribution is 2.36. The van der Waals surface area contributed by atoms with Crippen molar-refractivity contribution < 1.29 is 19.7 Å². The van der Waals surface area contributed by atoms with E-state index in [4.69, 9.17) is 20.3 Å². The second-order valence-electron chi connectivity index (χ2n) is 3.05. The van der Waals surface area contributed by atoms with Crippen LogP contribution in [0.3, 0.4) is 0 Å². The van der Waals surface area contributed by atoms with Crippen molar-refractivity contribution in [3.8, 4) is 17.2 Å². The second kappa shape index (κ2) is 4.86. The van der Waals surface area contributed by atoms with Gasteiger partial charge in [0.1, 0.15) is 17.2 Å². The van der Waals surface area contributed by atoms with Crippen molar-refractivity contribution in [1.82, 2.24) is 0 Å². The molecule has 0 saturated carbocycles. The van der Waals surface area contributed by atoms with Crippen molar-refractivity contribution in [3.05, 3.63) is 17.7 Å². The molecule has 5 heteroatoms. The SMILES string of the molecule is COc1cc(O)cc(OC)c1[C@H](N)CO. The van der Waals surface area contributed by atoms with E-state index < -0.39 is 6.04 Å². The Morgan fingerprint density at radius 3 is 2.07 bits per heavy atom. The summed E-state index contributed by atoms with van der Waals surface area (Å²) in [5.74, 6) is 0.819. The first-order chi connectivity index (χ1) is 7.13. The average Bonchev–Trinajstić information content (AvgIpc) is 2.26. The lowest BCUT2D eigenvalue weighted by Crippen LogP contribution is -2.16. The fourth-order valence-electron chi connectivity index (χ4n) is 1.38. The Morgan fingerprint density at radius 2 is 1.73 bits per heavy atom. The van der Waals surface area contributed by atoms with Gasteiger partial charge in [0.05, 0.1) is 32.4 Å². The monoisotopic (exact) mass is 213 g/mol. The van der Waals surface area contributed by atoms with Crippen LogP contribution in [0.1, 0.15) is 11.6 Å². The highest BCUT2D eigenvalue weighted by Gasteiger charge is 2.18. The number of aromatic hydroxyl groups is 1. The standard InChI is InChI=1S/C10H15NO4/c1-14-8-3-6(13)4-9(15-2)10(8)7(11)5-12/h3-4,7,12-13H,5,11H2,1-2H3/t7-/m1/s1. The number of hydrogen-bond acceptors (Lipinski definition) is 5. The number of aliphatic hydroxyl groups excluding tert-OH is 1. The molecule has 0 unspecified atom stereocenters. The van der Waals surface area contributed by atoms with Crippen molar-refractivity contribution >= 4 is 0 Å². The van der Waals surface area contributed by atoms with Gasteiger partial charge in [-0.2, -0.15) is 0 Å². The smallest absolute Gasteiger partial charge is 0.131 e. The first-order valence-electron chi connectivity index (χ1n) is 4.45. The Bertz CT molecular complexity index is 315. The zero-order valence-electron chi connectivity index (χ0n) is 8.73. The molecule has 0 aliphatic rings. The lowest BCUT2D eigenvalue weighted by atomic mass is 10.1. The summed E-state index contributed by atoms with van der Waals surface area (Å²) in [7, 11) is 2.92. The molecule has 15 heavy (non-hydrogen) atoms. The number of hydrogen-bond donors (Lipinski definition) is 3. The quantitative estimate of drug-likeness (QED) is 0.674. The molecule has 0 spiro atoms. The molecule has 0 radical (unpaired) electrons. The maximum atomic E-state index is 9.37. The number of phenolic OH excluding ortho intramolecular Hbond substituents is 1. The van der Waals surface area contributed by atoms with Gasteiger partial charge < -0.3 is 25.4 Å². The zero-order valence-corrected chi connectivity index (χ0v) is 8.73. The van der Waals surface area contributed by atoms with Gasteiger partial charge in [0.25, 0.3) is 0 Å². The predicted octanol–water partition coefficient (Wildman–Crippen LogP) is 0.401. The van der Waals surface area contributed by atoms with Crippen LogP contribution in [-0.4, -0.2) is 31.0 Å². The number of rotatable bonds is 4. The third-order valence-corrected chi connectivity index (χ3v) is 2.10. The van der Waals surface area contributed by atoms with E-state index in [1.165, 1.54) is 26.4 Å². The van der Waals surface area contributed by atoms with Crippen LogP contribution < -0.4 is 15.2 Å². The molecule has 0 amide bonds. The van der Waals surface area contributed by atoms with Crippen LogP contribution in [0.2, 0.25) is 0 Å². The molecule has 1 atom stereocenters. The maximum absolute atomic E-state index is 9.37. The van der Waals surface area contributed by atoms with Gasteiger partial charge in [0.2, 0.25) is 0 Å². The second-order valence-corrected chi connectivity index (χ2v) is 3.05. The van der Waals surface area contributed by atoms with Crippen molar-refractivity contribution in [3.63, 3.8) is 0 Å². The fraction of sp³-hybridized carbons (Fsp3) is 0.400. The van der Waals surface area contributed by atoms with Gasteiger partial charge in [-0.15, -0.1) is 0 Å². The van der Waals surface area contributed by atoms with E-state index >= 15 is 0 Å². The molecular weight excluding hydrogens is 198 g/mol. The third-order valence-electron chi connectivity index (χ3n) is 2.10. The molecule has 0 aliphatic carbocycles. The number of ether oxygens (including phenoxy) is 2. The van der Waals surface area contributed by atoms with Gasteiger partial charge in [-0.05, 0) is 0 Å². The van der Waals surface area contributed by atoms with Crippen LogP contribution in [0.5, 0.6) is 17.2 Å². The molecular formula is C10H15NO4. The number of methoxy groups -OCH3 is 2. The molecule has 0 fully saturated rings. The summed E-state index contributed by atoms with van der Waals surface area (Å²) in [6.07, 6.45) is 0. The van der Waals surface area contributed by atoms with Crippen LogP contribution >= 0.6 is 0 Å². The zero-order chi connectivity index (χ0) is 11.4. The Kier molecular flexibility index (Phi) is 3.76. The van der Waals surface area contributed by atoms with E-state index in [1.54, 1.807) is 0 Å². The van der Waals surface area contributed by atoms with Crippen LogP contribution in [0.4, 0.5) is 0 Å². The normalized spacial score (nSPS) is 12.3. The van der Waals surface area contributed by atoms with Gasteiger partial charge in [-0.1, -0.05) is 0 Å². The molecule has 0 bridgehead atoms. The Balaban J connectivity index is 3.30. The van der Waals surface area contributed by atoms with E-state index in [0.29, 0.717) is 17.1 Å². The van der Waals surface area contributed by atoms with E-state index in [1.807, 2.05) is 0 Å². The molecule has 0 heterocycles. The molecule has 0 aliphatic heterocycles. The summed E-state index contributed by atoms with van der Waals surface area (Å²) >= 11 is 0. The van der Waals surface area contributed by atoms with Crippen molar-refractivity contribution in [2.24, 2.45) is 5.73 Å². The Labute approximate surface area is 88.0 Å². The van der Waals surface area contributed by atoms with Gasteiger partial charge in [0, 0.05) is 12.1 Å². The number of aliphatic hydroxyl groups is 1. The molecule has 84 valence electrons. The van der Waals surface area contributed by atoms with Crippen molar-refractivity contribution in [2.45, 2.75) is 6.04 Å².